The standard InChI is InChI=1S/2C16H36N.ClHO4.ClH/c2*1-5-9-13-17(14-10-6-2,15-11-7-3)16-12-8-4;2-1(3,4)5;/h2*5-16H2,1-4H3;(H,2,3,4,5);1H/q2*+1;;/p-2. The van der Waals surface area contributed by atoms with Gasteiger partial charge in [-0.25, -0.2) is 18.6 Å². The van der Waals surface area contributed by atoms with Crippen molar-refractivity contribution in [1.82, 2.24) is 0 Å². The molecule has 0 amide bonds. The molecule has 0 heterocycles. The van der Waals surface area contributed by atoms with Crippen molar-refractivity contribution in [2.75, 3.05) is 52.4 Å². The van der Waals surface area contributed by atoms with Crippen LogP contribution in [0.5, 0.6) is 0 Å². The molecule has 0 rings (SSSR count). The van der Waals surface area contributed by atoms with Crippen LogP contribution in [0.15, 0.2) is 0 Å². The van der Waals surface area contributed by atoms with Crippen LogP contribution in [0.4, 0.5) is 0 Å². The summed E-state index contributed by atoms with van der Waals surface area (Å²) >= 11 is 0. The molecule has 0 aliphatic carbocycles. The minimum Gasteiger partial charge on any atom is -1.00 e. The van der Waals surface area contributed by atoms with Gasteiger partial charge in [-0.2, -0.15) is 0 Å². The van der Waals surface area contributed by atoms with Crippen LogP contribution in [0.2, 0.25) is 0 Å². The van der Waals surface area contributed by atoms with Gasteiger partial charge in [0.2, 0.25) is 0 Å². The Morgan fingerprint density at radius 2 is 0.425 bits per heavy atom. The molecule has 0 fully saturated rings. The van der Waals surface area contributed by atoms with Gasteiger partial charge in [-0.1, -0.05) is 107 Å². The Morgan fingerprint density at radius 3 is 0.500 bits per heavy atom. The molecule has 0 N–H and O–H groups in total. The van der Waals surface area contributed by atoms with Gasteiger partial charge < -0.3 is 21.4 Å². The Kier molecular flexibility index (Phi) is 38.1. The highest BCUT2D eigenvalue weighted by Gasteiger charge is 2.25. The Labute approximate surface area is 260 Å². The van der Waals surface area contributed by atoms with E-state index in [0.717, 1.165) is 0 Å². The zero-order valence-electron chi connectivity index (χ0n) is 28.3. The Bertz CT molecular complexity index is 363. The van der Waals surface area contributed by atoms with Crippen molar-refractivity contribution < 1.29 is 50.3 Å². The Balaban J connectivity index is -0.000000271. The van der Waals surface area contributed by atoms with E-state index in [1.165, 1.54) is 164 Å². The molecule has 0 aromatic carbocycles. The van der Waals surface area contributed by atoms with Gasteiger partial charge in [0.15, 0.2) is 0 Å². The minimum absolute atomic E-state index is 0. The van der Waals surface area contributed by atoms with Gasteiger partial charge in [-0.3, -0.25) is 0 Å². The van der Waals surface area contributed by atoms with E-state index in [0.29, 0.717) is 0 Å². The molecule has 0 aromatic heterocycles. The number of nitrogens with zero attached hydrogens (tertiary/aromatic N) is 2. The summed E-state index contributed by atoms with van der Waals surface area (Å²) in [7, 11) is -4.94. The van der Waals surface area contributed by atoms with Crippen molar-refractivity contribution in [2.45, 2.75) is 158 Å². The highest BCUT2D eigenvalue weighted by atomic mass is 35.7. The number of rotatable bonds is 24. The monoisotopic (exact) mass is 618 g/mol. The molecule has 0 bridgehead atoms. The molecule has 0 radical (unpaired) electrons. The van der Waals surface area contributed by atoms with Crippen molar-refractivity contribution in [3.8, 4) is 0 Å². The third-order valence-corrected chi connectivity index (χ3v) is 7.89. The molecular formula is C32H72Cl2N2O4. The molecule has 0 unspecified atom stereocenters. The van der Waals surface area contributed by atoms with E-state index in [2.05, 4.69) is 55.4 Å². The van der Waals surface area contributed by atoms with Crippen LogP contribution in [0.1, 0.15) is 158 Å². The number of quaternary nitrogens is 2. The fraction of sp³-hybridized carbons (Fsp3) is 1.00. The summed E-state index contributed by atoms with van der Waals surface area (Å²) in [6.07, 6.45) is 22.1. The van der Waals surface area contributed by atoms with Crippen molar-refractivity contribution in [2.24, 2.45) is 0 Å². The van der Waals surface area contributed by atoms with Gasteiger partial charge >= 0.3 is 0 Å². The maximum absolute atomic E-state index is 8.49. The first-order valence-electron chi connectivity index (χ1n) is 16.8. The van der Waals surface area contributed by atoms with Crippen molar-refractivity contribution >= 4 is 0 Å². The summed E-state index contributed by atoms with van der Waals surface area (Å²) in [5, 5.41) is 0. The van der Waals surface area contributed by atoms with E-state index in [1.54, 1.807) is 0 Å². The van der Waals surface area contributed by atoms with Crippen molar-refractivity contribution in [1.29, 1.82) is 0 Å². The van der Waals surface area contributed by atoms with Gasteiger partial charge in [-0.15, -0.1) is 10.2 Å². The lowest BCUT2D eigenvalue weighted by Crippen LogP contribution is -3.00. The molecule has 0 aliphatic heterocycles. The molecule has 0 aromatic rings. The van der Waals surface area contributed by atoms with Crippen LogP contribution >= 0.6 is 0 Å². The predicted octanol–water partition coefficient (Wildman–Crippen LogP) is 2.26. The SMILES string of the molecule is CCCC[N+](CCCC)(CCCC)CCCC.CCCC[N+](CCCC)(CCCC)CCCC.[Cl-].[O-][Cl+3]([O-])([O-])[O-]. The van der Waals surface area contributed by atoms with Crippen LogP contribution in [0, 0.1) is 10.2 Å². The quantitative estimate of drug-likeness (QED) is 0.155. The average molecular weight is 620 g/mol. The Hall–Kier alpha value is 0.340. The van der Waals surface area contributed by atoms with E-state index >= 15 is 0 Å². The lowest BCUT2D eigenvalue weighted by atomic mass is 10.1. The van der Waals surface area contributed by atoms with Crippen LogP contribution in [0.25, 0.3) is 0 Å². The number of hydrogen-bond donors (Lipinski definition) is 0. The van der Waals surface area contributed by atoms with Gasteiger partial charge in [0, 0.05) is 0 Å². The molecular weight excluding hydrogens is 547 g/mol. The summed E-state index contributed by atoms with van der Waals surface area (Å²) < 4.78 is 36.8. The number of halogens is 2. The van der Waals surface area contributed by atoms with Crippen LogP contribution in [0.3, 0.4) is 0 Å². The molecule has 0 saturated carbocycles. The van der Waals surface area contributed by atoms with E-state index in [1.807, 2.05) is 0 Å². The van der Waals surface area contributed by atoms with Crippen molar-refractivity contribution in [3.63, 3.8) is 0 Å². The average Bonchev–Trinajstić information content (AvgIpc) is 2.91. The second kappa shape index (κ2) is 32.3. The maximum atomic E-state index is 8.49. The first-order chi connectivity index (χ1) is 18.5. The third kappa shape index (κ3) is 32.8. The first kappa shape index (κ1) is 47.3. The van der Waals surface area contributed by atoms with Gasteiger partial charge in [0.1, 0.15) is 0 Å². The zero-order valence-corrected chi connectivity index (χ0v) is 29.8. The smallest absolute Gasteiger partial charge is 0.0786 e. The molecule has 0 spiro atoms. The van der Waals surface area contributed by atoms with Gasteiger partial charge in [0.05, 0.1) is 52.4 Å². The molecule has 6 nitrogen and oxygen atoms in total. The van der Waals surface area contributed by atoms with E-state index < -0.39 is 10.2 Å². The van der Waals surface area contributed by atoms with Gasteiger partial charge in [-0.05, 0) is 51.4 Å². The fourth-order valence-electron chi connectivity index (χ4n) is 5.29. The van der Waals surface area contributed by atoms with E-state index in [4.69, 9.17) is 18.6 Å². The summed E-state index contributed by atoms with van der Waals surface area (Å²) in [5.41, 5.74) is 0. The normalized spacial score (nSPS) is 11.7. The second-order valence-electron chi connectivity index (χ2n) is 11.7. The molecule has 8 heteroatoms. The van der Waals surface area contributed by atoms with Crippen LogP contribution in [-0.4, -0.2) is 61.3 Å². The largest absolute Gasteiger partial charge is 1.00 e. The summed E-state index contributed by atoms with van der Waals surface area (Å²) in [6.45, 7) is 30.0. The summed E-state index contributed by atoms with van der Waals surface area (Å²) in [4.78, 5) is 0. The summed E-state index contributed by atoms with van der Waals surface area (Å²) in [5.74, 6) is 0. The maximum Gasteiger partial charge on any atom is 0.0786 e. The Morgan fingerprint density at radius 1 is 0.325 bits per heavy atom. The molecule has 0 aliphatic rings. The summed E-state index contributed by atoms with van der Waals surface area (Å²) in [6, 6.07) is 0. The predicted molar refractivity (Wildman–Crippen MR) is 159 cm³/mol. The van der Waals surface area contributed by atoms with Crippen LogP contribution < -0.4 is 31.0 Å². The minimum atomic E-state index is -4.94. The van der Waals surface area contributed by atoms with Gasteiger partial charge in [0.25, 0.3) is 0 Å². The molecule has 0 atom stereocenters. The topological polar surface area (TPSA) is 92.2 Å². The highest BCUT2D eigenvalue weighted by Crippen LogP contribution is 2.17. The number of unbranched alkanes of at least 4 members (excludes halogenated alkanes) is 8. The zero-order chi connectivity index (χ0) is 30.5. The van der Waals surface area contributed by atoms with Crippen molar-refractivity contribution in [3.05, 3.63) is 0 Å². The lowest BCUT2D eigenvalue weighted by molar-refractivity contribution is -2.00. The van der Waals surface area contributed by atoms with Crippen LogP contribution in [-0.2, 0) is 0 Å². The molecule has 40 heavy (non-hydrogen) atoms. The molecule has 0 saturated heterocycles. The van der Waals surface area contributed by atoms with E-state index in [-0.39, 0.29) is 12.4 Å². The first-order valence-corrected chi connectivity index (χ1v) is 18.0. The lowest BCUT2D eigenvalue weighted by Gasteiger charge is -2.39. The fourth-order valence-corrected chi connectivity index (χ4v) is 5.29. The number of hydrogen-bond acceptors (Lipinski definition) is 4. The third-order valence-electron chi connectivity index (χ3n) is 7.89. The highest BCUT2D eigenvalue weighted by molar-refractivity contribution is 4.50. The second-order valence-corrected chi connectivity index (χ2v) is 12.4. The van der Waals surface area contributed by atoms with E-state index in [9.17, 15) is 0 Å². The molecule has 248 valence electrons.